The van der Waals surface area contributed by atoms with Crippen molar-refractivity contribution in [2.45, 2.75) is 20.3 Å². The molecule has 0 aliphatic rings. The summed E-state index contributed by atoms with van der Waals surface area (Å²) < 4.78 is 10.9. The second-order valence-electron chi connectivity index (χ2n) is 4.10. The second kappa shape index (κ2) is 4.66. The number of rotatable bonds is 3. The number of ether oxygens (including phenoxy) is 2. The molecule has 0 atom stereocenters. The van der Waals surface area contributed by atoms with Gasteiger partial charge in [-0.25, -0.2) is 0 Å². The molecule has 0 saturated heterocycles. The minimum absolute atomic E-state index is 0.788. The zero-order chi connectivity index (χ0) is 12.4. The lowest BCUT2D eigenvalue weighted by Gasteiger charge is -2.14. The maximum absolute atomic E-state index is 5.50. The van der Waals surface area contributed by atoms with Crippen molar-refractivity contribution >= 4 is 10.8 Å². The Bertz CT molecular complexity index is 539. The Kier molecular flexibility index (Phi) is 3.23. The third kappa shape index (κ3) is 1.84. The highest BCUT2D eigenvalue weighted by atomic mass is 16.5. The number of methoxy groups -OCH3 is 2. The van der Waals surface area contributed by atoms with Crippen LogP contribution in [0.2, 0.25) is 0 Å². The van der Waals surface area contributed by atoms with Gasteiger partial charge in [-0.3, -0.25) is 0 Å². The van der Waals surface area contributed by atoms with Crippen LogP contribution in [0.15, 0.2) is 24.3 Å². The molecule has 0 saturated carbocycles. The lowest BCUT2D eigenvalue weighted by Crippen LogP contribution is -1.95. The third-order valence-corrected chi connectivity index (χ3v) is 3.28. The number of hydrogen-bond donors (Lipinski definition) is 0. The summed E-state index contributed by atoms with van der Waals surface area (Å²) in [5, 5.41) is 2.35. The summed E-state index contributed by atoms with van der Waals surface area (Å²) >= 11 is 0. The first-order valence-corrected chi connectivity index (χ1v) is 5.86. The molecule has 0 spiro atoms. The zero-order valence-electron chi connectivity index (χ0n) is 10.8. The fraction of sp³-hybridized carbons (Fsp3) is 0.333. The van der Waals surface area contributed by atoms with Gasteiger partial charge in [0.2, 0.25) is 0 Å². The molecule has 0 aliphatic carbocycles. The fourth-order valence-electron chi connectivity index (χ4n) is 2.33. The van der Waals surface area contributed by atoms with Crippen LogP contribution in [0.5, 0.6) is 11.5 Å². The van der Waals surface area contributed by atoms with Gasteiger partial charge in [0.25, 0.3) is 0 Å². The van der Waals surface area contributed by atoms with Gasteiger partial charge in [0, 0.05) is 5.39 Å². The lowest BCUT2D eigenvalue weighted by atomic mass is 9.97. The van der Waals surface area contributed by atoms with E-state index in [0.29, 0.717) is 0 Å². The molecule has 0 amide bonds. The maximum atomic E-state index is 5.50. The summed E-state index contributed by atoms with van der Waals surface area (Å²) in [5.41, 5.74) is 2.63. The normalized spacial score (nSPS) is 10.6. The molecule has 0 heterocycles. The molecule has 0 fully saturated rings. The van der Waals surface area contributed by atoms with Gasteiger partial charge in [0.15, 0.2) is 11.5 Å². The quantitative estimate of drug-likeness (QED) is 0.800. The average Bonchev–Trinajstić information content (AvgIpc) is 2.37. The van der Waals surface area contributed by atoms with Gasteiger partial charge in [-0.05, 0) is 35.9 Å². The molecule has 0 bridgehead atoms. The van der Waals surface area contributed by atoms with Crippen molar-refractivity contribution in [1.29, 1.82) is 0 Å². The van der Waals surface area contributed by atoms with Crippen molar-refractivity contribution in [3.05, 3.63) is 35.4 Å². The van der Waals surface area contributed by atoms with Gasteiger partial charge in [-0.1, -0.05) is 25.1 Å². The molecule has 17 heavy (non-hydrogen) atoms. The van der Waals surface area contributed by atoms with Crippen molar-refractivity contribution in [1.82, 2.24) is 0 Å². The Morgan fingerprint density at radius 1 is 1.00 bits per heavy atom. The molecule has 0 aliphatic heterocycles. The van der Waals surface area contributed by atoms with E-state index in [1.807, 2.05) is 6.07 Å². The van der Waals surface area contributed by atoms with Crippen molar-refractivity contribution in [3.8, 4) is 11.5 Å². The molecule has 2 aromatic carbocycles. The summed E-state index contributed by atoms with van der Waals surface area (Å²) in [7, 11) is 3.36. The van der Waals surface area contributed by atoms with Crippen molar-refractivity contribution in [3.63, 3.8) is 0 Å². The van der Waals surface area contributed by atoms with Crippen LogP contribution in [0.25, 0.3) is 10.8 Å². The summed E-state index contributed by atoms with van der Waals surface area (Å²) in [6, 6.07) is 8.35. The molecule has 2 aromatic rings. The summed E-state index contributed by atoms with van der Waals surface area (Å²) in [6.45, 7) is 4.31. The Morgan fingerprint density at radius 3 is 2.29 bits per heavy atom. The van der Waals surface area contributed by atoms with Crippen LogP contribution in [0.4, 0.5) is 0 Å². The van der Waals surface area contributed by atoms with Crippen LogP contribution >= 0.6 is 0 Å². The first-order chi connectivity index (χ1) is 8.22. The van der Waals surface area contributed by atoms with Gasteiger partial charge in [0.05, 0.1) is 14.2 Å². The lowest BCUT2D eigenvalue weighted by molar-refractivity contribution is 0.358. The largest absolute Gasteiger partial charge is 0.493 e. The predicted molar refractivity (Wildman–Crippen MR) is 71.2 cm³/mol. The Morgan fingerprint density at radius 2 is 1.71 bits per heavy atom. The molecule has 0 unspecified atom stereocenters. The molecule has 0 aromatic heterocycles. The van der Waals surface area contributed by atoms with Crippen LogP contribution in [0, 0.1) is 6.92 Å². The molecular weight excluding hydrogens is 212 g/mol. The van der Waals surface area contributed by atoms with Crippen LogP contribution in [0.3, 0.4) is 0 Å². The first-order valence-electron chi connectivity index (χ1n) is 5.86. The van der Waals surface area contributed by atoms with Gasteiger partial charge < -0.3 is 9.47 Å². The van der Waals surface area contributed by atoms with E-state index in [0.717, 1.165) is 23.3 Å². The standard InChI is InChI=1S/C15H18O2/c1-5-11-6-7-12-8-9-13(16-3)15(17-4)14(12)10(11)2/h6-9H,5H2,1-4H3. The topological polar surface area (TPSA) is 18.5 Å². The van der Waals surface area contributed by atoms with E-state index < -0.39 is 0 Å². The van der Waals surface area contributed by atoms with Gasteiger partial charge in [0.1, 0.15) is 0 Å². The summed E-state index contributed by atoms with van der Waals surface area (Å²) in [5.74, 6) is 1.62. The second-order valence-corrected chi connectivity index (χ2v) is 4.10. The Balaban J connectivity index is 2.85. The fourth-order valence-corrected chi connectivity index (χ4v) is 2.33. The van der Waals surface area contributed by atoms with E-state index in [9.17, 15) is 0 Å². The molecule has 0 radical (unpaired) electrons. The molecule has 2 nitrogen and oxygen atoms in total. The third-order valence-electron chi connectivity index (χ3n) is 3.28. The molecular formula is C15H18O2. The summed E-state index contributed by atoms with van der Waals surface area (Å²) in [4.78, 5) is 0. The highest BCUT2D eigenvalue weighted by molar-refractivity contribution is 5.94. The van der Waals surface area contributed by atoms with E-state index in [1.54, 1.807) is 14.2 Å². The van der Waals surface area contributed by atoms with E-state index in [4.69, 9.17) is 9.47 Å². The van der Waals surface area contributed by atoms with Crippen LogP contribution in [-0.4, -0.2) is 14.2 Å². The van der Waals surface area contributed by atoms with E-state index in [-0.39, 0.29) is 0 Å². The Labute approximate surface area is 102 Å². The van der Waals surface area contributed by atoms with Crippen molar-refractivity contribution in [2.75, 3.05) is 14.2 Å². The van der Waals surface area contributed by atoms with Crippen molar-refractivity contribution < 1.29 is 9.47 Å². The number of aryl methyl sites for hydroxylation is 2. The van der Waals surface area contributed by atoms with Crippen LogP contribution in [-0.2, 0) is 6.42 Å². The summed E-state index contributed by atoms with van der Waals surface area (Å²) in [6.07, 6.45) is 1.03. The zero-order valence-corrected chi connectivity index (χ0v) is 10.8. The van der Waals surface area contributed by atoms with Gasteiger partial charge in [-0.2, -0.15) is 0 Å². The molecule has 0 N–H and O–H groups in total. The SMILES string of the molecule is CCc1ccc2ccc(OC)c(OC)c2c1C. The highest BCUT2D eigenvalue weighted by Crippen LogP contribution is 2.38. The van der Waals surface area contributed by atoms with Gasteiger partial charge >= 0.3 is 0 Å². The average molecular weight is 230 g/mol. The maximum Gasteiger partial charge on any atom is 0.168 e. The number of hydrogen-bond acceptors (Lipinski definition) is 2. The van der Waals surface area contributed by atoms with E-state index in [1.165, 1.54) is 16.5 Å². The molecule has 2 heteroatoms. The Hall–Kier alpha value is -1.70. The number of fused-ring (bicyclic) bond motifs is 1. The van der Waals surface area contributed by atoms with E-state index in [2.05, 4.69) is 32.0 Å². The molecule has 2 rings (SSSR count). The minimum Gasteiger partial charge on any atom is -0.493 e. The molecule has 90 valence electrons. The van der Waals surface area contributed by atoms with Crippen LogP contribution < -0.4 is 9.47 Å². The van der Waals surface area contributed by atoms with Crippen LogP contribution in [0.1, 0.15) is 18.1 Å². The van der Waals surface area contributed by atoms with Crippen molar-refractivity contribution in [2.24, 2.45) is 0 Å². The predicted octanol–water partition coefficient (Wildman–Crippen LogP) is 3.73. The minimum atomic E-state index is 0.788. The monoisotopic (exact) mass is 230 g/mol. The van der Waals surface area contributed by atoms with E-state index >= 15 is 0 Å². The highest BCUT2D eigenvalue weighted by Gasteiger charge is 2.12. The smallest absolute Gasteiger partial charge is 0.168 e. The number of benzene rings is 2. The first kappa shape index (κ1) is 11.8. The van der Waals surface area contributed by atoms with Gasteiger partial charge in [-0.15, -0.1) is 0 Å².